The average molecular weight is 347 g/mol. The first-order valence-electron chi connectivity index (χ1n) is 9.58. The van der Waals surface area contributed by atoms with E-state index in [-0.39, 0.29) is 23.7 Å². The highest BCUT2D eigenvalue weighted by molar-refractivity contribution is 5.42. The molecule has 0 amide bonds. The molecule has 0 aromatic heterocycles. The van der Waals surface area contributed by atoms with Crippen LogP contribution in [0.25, 0.3) is 0 Å². The van der Waals surface area contributed by atoms with Crippen molar-refractivity contribution >= 4 is 0 Å². The molecule has 0 radical (unpaired) electrons. The molecule has 0 spiro atoms. The van der Waals surface area contributed by atoms with Gasteiger partial charge in [-0.2, -0.15) is 0 Å². The largest absolute Gasteiger partial charge is 0.0776 e. The quantitative estimate of drug-likeness (QED) is 0.503. The van der Waals surface area contributed by atoms with E-state index < -0.39 is 0 Å². The zero-order valence-electron chi connectivity index (χ0n) is 18.5. The smallest absolute Gasteiger partial charge is 0.0105 e. The summed E-state index contributed by atoms with van der Waals surface area (Å²) >= 11 is 0. The van der Waals surface area contributed by atoms with Gasteiger partial charge in [0.1, 0.15) is 0 Å². The molecule has 0 heterocycles. The van der Waals surface area contributed by atoms with Gasteiger partial charge in [0.05, 0.1) is 0 Å². The highest BCUT2D eigenvalue weighted by Crippen LogP contribution is 2.47. The fraction of sp³-hybridized carbons (Fsp3) is 0.760. The Bertz CT molecular complexity index is 548. The van der Waals surface area contributed by atoms with Gasteiger partial charge < -0.3 is 0 Å². The van der Waals surface area contributed by atoms with Crippen LogP contribution < -0.4 is 0 Å². The molecule has 146 valence electrons. The number of hydrogen-bond acceptors (Lipinski definition) is 0. The highest BCUT2D eigenvalue weighted by atomic mass is 14.4. The van der Waals surface area contributed by atoms with E-state index in [0.29, 0.717) is 11.3 Å². The summed E-state index contributed by atoms with van der Waals surface area (Å²) < 4.78 is 0. The average Bonchev–Trinajstić information content (AvgIpc) is 2.30. The van der Waals surface area contributed by atoms with E-state index in [2.05, 4.69) is 101 Å². The minimum Gasteiger partial charge on any atom is -0.0776 e. The van der Waals surface area contributed by atoms with Gasteiger partial charge in [0.25, 0.3) is 0 Å². The number of rotatable bonds is 2. The second-order valence-corrected chi connectivity index (χ2v) is 12.0. The van der Waals surface area contributed by atoms with Crippen molar-refractivity contribution < 1.29 is 0 Å². The second-order valence-electron chi connectivity index (χ2n) is 12.0. The molecular formula is C25H46. The van der Waals surface area contributed by atoms with Crippen molar-refractivity contribution in [1.29, 1.82) is 0 Å². The van der Waals surface area contributed by atoms with E-state index in [4.69, 9.17) is 0 Å². The lowest BCUT2D eigenvalue weighted by molar-refractivity contribution is 0.227. The zero-order valence-corrected chi connectivity index (χ0v) is 18.5. The first-order valence-corrected chi connectivity index (χ1v) is 9.58. The summed E-state index contributed by atoms with van der Waals surface area (Å²) in [5.74, 6) is 0.564. The van der Waals surface area contributed by atoms with Crippen LogP contribution in [-0.4, -0.2) is 0 Å². The molecule has 0 N–H and O–H groups in total. The van der Waals surface area contributed by atoms with Crippen LogP contribution >= 0.6 is 0 Å². The lowest BCUT2D eigenvalue weighted by atomic mass is 9.65. The maximum atomic E-state index is 2.52. The Balaban J connectivity index is 0.00000576. The topological polar surface area (TPSA) is 0 Å². The molecule has 0 aliphatic heterocycles. The monoisotopic (exact) mass is 346 g/mol. The first kappa shape index (κ1) is 24.2. The first-order chi connectivity index (χ1) is 10.4. The van der Waals surface area contributed by atoms with Crippen LogP contribution in [0.3, 0.4) is 0 Å². The molecule has 0 fully saturated rings. The lowest BCUT2D eigenvalue weighted by Crippen LogP contribution is -2.28. The van der Waals surface area contributed by atoms with Crippen molar-refractivity contribution in [3.05, 3.63) is 34.9 Å². The van der Waals surface area contributed by atoms with Crippen LogP contribution in [0.1, 0.15) is 120 Å². The summed E-state index contributed by atoms with van der Waals surface area (Å²) in [6.07, 6.45) is 1.22. The third kappa shape index (κ3) is 6.80. The molecule has 1 rings (SSSR count). The predicted molar refractivity (Wildman–Crippen MR) is 117 cm³/mol. The van der Waals surface area contributed by atoms with Gasteiger partial charge in [-0.1, -0.05) is 109 Å². The molecular weight excluding hydrogens is 300 g/mol. The fourth-order valence-electron chi connectivity index (χ4n) is 3.50. The molecule has 0 saturated carbocycles. The van der Waals surface area contributed by atoms with E-state index in [1.165, 1.54) is 17.5 Å². The van der Waals surface area contributed by atoms with Crippen LogP contribution in [0.5, 0.6) is 0 Å². The van der Waals surface area contributed by atoms with E-state index in [1.54, 1.807) is 5.56 Å². The van der Waals surface area contributed by atoms with Gasteiger partial charge in [-0.3, -0.25) is 0 Å². The van der Waals surface area contributed by atoms with Crippen molar-refractivity contribution in [3.8, 4) is 0 Å². The van der Waals surface area contributed by atoms with Crippen molar-refractivity contribution in [2.45, 2.75) is 114 Å². The molecule has 0 bridgehead atoms. The number of hydrogen-bond donors (Lipinski definition) is 0. The predicted octanol–water partition coefficient (Wildman–Crippen LogP) is 8.48. The molecule has 1 aromatic carbocycles. The van der Waals surface area contributed by atoms with E-state index >= 15 is 0 Å². The van der Waals surface area contributed by atoms with Crippen LogP contribution in [0, 0.1) is 10.8 Å². The maximum Gasteiger partial charge on any atom is -0.0105 e. The van der Waals surface area contributed by atoms with E-state index in [1.807, 2.05) is 0 Å². The fourth-order valence-corrected chi connectivity index (χ4v) is 3.50. The third-order valence-electron chi connectivity index (χ3n) is 4.96. The summed E-state index contributed by atoms with van der Waals surface area (Å²) in [5.41, 5.74) is 5.47. The van der Waals surface area contributed by atoms with Crippen LogP contribution in [-0.2, 0) is 10.8 Å². The molecule has 0 nitrogen and oxygen atoms in total. The van der Waals surface area contributed by atoms with Crippen molar-refractivity contribution in [1.82, 2.24) is 0 Å². The summed E-state index contributed by atoms with van der Waals surface area (Å²) in [5, 5.41) is 0. The summed E-state index contributed by atoms with van der Waals surface area (Å²) in [6, 6.07) is 7.26. The molecule has 0 saturated heterocycles. The Morgan fingerprint density at radius 3 is 1.52 bits per heavy atom. The molecule has 0 heteroatoms. The van der Waals surface area contributed by atoms with Gasteiger partial charge in [-0.15, -0.1) is 0 Å². The third-order valence-corrected chi connectivity index (χ3v) is 4.96. The van der Waals surface area contributed by atoms with Gasteiger partial charge in [0, 0.05) is 0 Å². The SMILES string of the molecule is C.CC(C)(C)CC(c1cc(C(C)(C)C)ccc1C(C)(C)C)C(C)(C)C. The van der Waals surface area contributed by atoms with Crippen molar-refractivity contribution in [3.63, 3.8) is 0 Å². The summed E-state index contributed by atoms with van der Waals surface area (Å²) in [7, 11) is 0. The molecule has 0 aliphatic rings. The Morgan fingerprint density at radius 2 is 1.20 bits per heavy atom. The number of benzene rings is 1. The Morgan fingerprint density at radius 1 is 0.720 bits per heavy atom. The Hall–Kier alpha value is -0.780. The van der Waals surface area contributed by atoms with Gasteiger partial charge in [0.2, 0.25) is 0 Å². The van der Waals surface area contributed by atoms with Gasteiger partial charge in [-0.25, -0.2) is 0 Å². The van der Waals surface area contributed by atoms with Crippen LogP contribution in [0.15, 0.2) is 18.2 Å². The normalized spacial score (nSPS) is 14.9. The van der Waals surface area contributed by atoms with Crippen molar-refractivity contribution in [2.24, 2.45) is 10.8 Å². The van der Waals surface area contributed by atoms with Crippen molar-refractivity contribution in [2.75, 3.05) is 0 Å². The van der Waals surface area contributed by atoms with Crippen LogP contribution in [0.2, 0.25) is 0 Å². The zero-order chi connectivity index (χ0) is 19.1. The van der Waals surface area contributed by atoms with E-state index in [9.17, 15) is 0 Å². The van der Waals surface area contributed by atoms with Gasteiger partial charge in [0.15, 0.2) is 0 Å². The Kier molecular flexibility index (Phi) is 7.22. The molecule has 1 unspecified atom stereocenters. The molecule has 25 heavy (non-hydrogen) atoms. The van der Waals surface area contributed by atoms with Gasteiger partial charge in [-0.05, 0) is 50.7 Å². The highest BCUT2D eigenvalue weighted by Gasteiger charge is 2.34. The standard InChI is InChI=1S/C24H42.CH4/c1-21(2,3)16-20(24(10,11)12)18-15-17(22(4,5)6)13-14-19(18)23(7,8)9;/h13-15,20H,16H2,1-12H3;1H4. The molecule has 1 aromatic rings. The Labute approximate surface area is 159 Å². The van der Waals surface area contributed by atoms with Crippen LogP contribution in [0.4, 0.5) is 0 Å². The minimum absolute atomic E-state index is 0. The minimum atomic E-state index is 0. The van der Waals surface area contributed by atoms with E-state index in [0.717, 1.165) is 0 Å². The molecule has 0 aliphatic carbocycles. The molecule has 1 atom stereocenters. The summed E-state index contributed by atoms with van der Waals surface area (Å²) in [4.78, 5) is 0. The van der Waals surface area contributed by atoms with Gasteiger partial charge >= 0.3 is 0 Å². The maximum absolute atomic E-state index is 2.52. The second kappa shape index (κ2) is 7.45. The summed E-state index contributed by atoms with van der Waals surface area (Å²) in [6.45, 7) is 28.3. The lowest BCUT2D eigenvalue weighted by Gasteiger charge is -2.40.